The van der Waals surface area contributed by atoms with Crippen molar-refractivity contribution < 1.29 is 0 Å². The first-order valence-corrected chi connectivity index (χ1v) is 7.51. The minimum Gasteiger partial charge on any atom is -0.330 e. The summed E-state index contributed by atoms with van der Waals surface area (Å²) in [6.45, 7) is 9.39. The molecule has 1 aliphatic carbocycles. The fourth-order valence-electron chi connectivity index (χ4n) is 3.53. The van der Waals surface area contributed by atoms with Crippen molar-refractivity contribution in [2.45, 2.75) is 45.1 Å². The van der Waals surface area contributed by atoms with Gasteiger partial charge < -0.3 is 10.6 Å². The molecule has 0 aromatic rings. The van der Waals surface area contributed by atoms with E-state index in [4.69, 9.17) is 5.73 Å². The Morgan fingerprint density at radius 2 is 1.71 bits per heavy atom. The first kappa shape index (κ1) is 13.3. The van der Waals surface area contributed by atoms with E-state index in [-0.39, 0.29) is 0 Å². The van der Waals surface area contributed by atoms with Crippen LogP contribution in [0.4, 0.5) is 0 Å². The zero-order valence-electron chi connectivity index (χ0n) is 11.4. The van der Waals surface area contributed by atoms with Gasteiger partial charge in [-0.2, -0.15) is 0 Å². The summed E-state index contributed by atoms with van der Waals surface area (Å²) in [5.41, 5.74) is 5.99. The molecule has 2 rings (SSSR count). The van der Waals surface area contributed by atoms with Gasteiger partial charge in [0.25, 0.3) is 0 Å². The van der Waals surface area contributed by atoms with E-state index in [1.165, 1.54) is 64.8 Å². The van der Waals surface area contributed by atoms with Crippen LogP contribution in [0.15, 0.2) is 0 Å². The van der Waals surface area contributed by atoms with Gasteiger partial charge in [0.15, 0.2) is 0 Å². The van der Waals surface area contributed by atoms with Gasteiger partial charge >= 0.3 is 0 Å². The van der Waals surface area contributed by atoms with Gasteiger partial charge in [-0.05, 0) is 31.8 Å². The number of likely N-dealkylation sites (N-methyl/N-ethyl adjacent to an activating group) is 1. The van der Waals surface area contributed by atoms with Gasteiger partial charge in [0.1, 0.15) is 0 Å². The number of hydrogen-bond donors (Lipinski definition) is 1. The van der Waals surface area contributed by atoms with Crippen LogP contribution in [0.25, 0.3) is 0 Å². The molecule has 2 fully saturated rings. The third-order valence-corrected chi connectivity index (χ3v) is 4.74. The Balaban J connectivity index is 1.90. The molecule has 1 saturated carbocycles. The summed E-state index contributed by atoms with van der Waals surface area (Å²) in [6.07, 6.45) is 6.97. The molecular formula is C14H29N3. The summed E-state index contributed by atoms with van der Waals surface area (Å²) in [5.74, 6) is 0.755. The quantitative estimate of drug-likeness (QED) is 0.758. The molecule has 0 spiro atoms. The average Bonchev–Trinajstić information content (AvgIpc) is 2.64. The van der Waals surface area contributed by atoms with Gasteiger partial charge in [-0.25, -0.2) is 0 Å². The van der Waals surface area contributed by atoms with Gasteiger partial charge in [0.05, 0.1) is 0 Å². The first-order chi connectivity index (χ1) is 8.35. The lowest BCUT2D eigenvalue weighted by Gasteiger charge is -2.41. The third-order valence-electron chi connectivity index (χ3n) is 4.74. The number of rotatable bonds is 3. The molecule has 17 heavy (non-hydrogen) atoms. The van der Waals surface area contributed by atoms with Crippen molar-refractivity contribution in [1.29, 1.82) is 0 Å². The lowest BCUT2D eigenvalue weighted by atomic mass is 9.93. The Kier molecular flexibility index (Phi) is 5.26. The second-order valence-electron chi connectivity index (χ2n) is 5.67. The molecule has 1 saturated heterocycles. The van der Waals surface area contributed by atoms with Crippen molar-refractivity contribution in [2.75, 3.05) is 39.3 Å². The van der Waals surface area contributed by atoms with Crippen molar-refractivity contribution >= 4 is 0 Å². The standard InChI is InChI=1S/C14H29N3/c1-2-16-8-10-17(11-9-16)14-7-5-3-4-6-13(14)12-15/h13-14H,2-12,15H2,1H3. The maximum atomic E-state index is 5.99. The smallest absolute Gasteiger partial charge is 0.0137 e. The van der Waals surface area contributed by atoms with Crippen LogP contribution in [0.5, 0.6) is 0 Å². The molecule has 100 valence electrons. The molecular weight excluding hydrogens is 210 g/mol. The fourth-order valence-corrected chi connectivity index (χ4v) is 3.53. The molecule has 3 heteroatoms. The van der Waals surface area contributed by atoms with Gasteiger partial charge in [0, 0.05) is 32.2 Å². The van der Waals surface area contributed by atoms with E-state index in [0.29, 0.717) is 0 Å². The van der Waals surface area contributed by atoms with Crippen LogP contribution in [0.3, 0.4) is 0 Å². The summed E-state index contributed by atoms with van der Waals surface area (Å²) in [4.78, 5) is 5.29. The lowest BCUT2D eigenvalue weighted by Crippen LogP contribution is -2.52. The summed E-state index contributed by atoms with van der Waals surface area (Å²) in [7, 11) is 0. The highest BCUT2D eigenvalue weighted by atomic mass is 15.3. The lowest BCUT2D eigenvalue weighted by molar-refractivity contribution is 0.0694. The normalized spacial score (nSPS) is 33.5. The Labute approximate surface area is 106 Å². The molecule has 1 aliphatic heterocycles. The van der Waals surface area contributed by atoms with Gasteiger partial charge in [0.2, 0.25) is 0 Å². The third kappa shape index (κ3) is 3.43. The summed E-state index contributed by atoms with van der Waals surface area (Å²) >= 11 is 0. The van der Waals surface area contributed by atoms with Crippen LogP contribution in [0.1, 0.15) is 39.0 Å². The molecule has 2 aliphatic rings. The van der Waals surface area contributed by atoms with Crippen molar-refractivity contribution in [1.82, 2.24) is 9.80 Å². The van der Waals surface area contributed by atoms with Crippen LogP contribution in [-0.4, -0.2) is 55.1 Å². The van der Waals surface area contributed by atoms with E-state index in [1.54, 1.807) is 0 Å². The highest BCUT2D eigenvalue weighted by Gasteiger charge is 2.29. The van der Waals surface area contributed by atoms with Gasteiger partial charge in [-0.3, -0.25) is 4.90 Å². The van der Waals surface area contributed by atoms with Crippen LogP contribution in [-0.2, 0) is 0 Å². The number of piperazine rings is 1. The summed E-state index contributed by atoms with van der Waals surface area (Å²) < 4.78 is 0. The molecule has 0 bridgehead atoms. The minimum absolute atomic E-state index is 0.755. The molecule has 2 unspecified atom stereocenters. The van der Waals surface area contributed by atoms with E-state index >= 15 is 0 Å². The van der Waals surface area contributed by atoms with E-state index in [2.05, 4.69) is 16.7 Å². The number of nitrogens with zero attached hydrogens (tertiary/aromatic N) is 2. The van der Waals surface area contributed by atoms with Crippen molar-refractivity contribution in [3.8, 4) is 0 Å². The largest absolute Gasteiger partial charge is 0.330 e. The van der Waals surface area contributed by atoms with Crippen LogP contribution < -0.4 is 5.73 Å². The zero-order valence-corrected chi connectivity index (χ0v) is 11.4. The SMILES string of the molecule is CCN1CCN(C2CCCCCC2CN)CC1. The highest BCUT2D eigenvalue weighted by Crippen LogP contribution is 2.27. The zero-order chi connectivity index (χ0) is 12.1. The topological polar surface area (TPSA) is 32.5 Å². The predicted molar refractivity (Wildman–Crippen MR) is 73.1 cm³/mol. The molecule has 0 radical (unpaired) electrons. The molecule has 2 N–H and O–H groups in total. The van der Waals surface area contributed by atoms with Crippen molar-refractivity contribution in [3.63, 3.8) is 0 Å². The monoisotopic (exact) mass is 239 g/mol. The Morgan fingerprint density at radius 3 is 2.35 bits per heavy atom. The molecule has 1 heterocycles. The van der Waals surface area contributed by atoms with E-state index in [1.807, 2.05) is 0 Å². The Morgan fingerprint density at radius 1 is 1.00 bits per heavy atom. The van der Waals surface area contributed by atoms with E-state index < -0.39 is 0 Å². The molecule has 0 amide bonds. The molecule has 0 aromatic carbocycles. The molecule has 3 nitrogen and oxygen atoms in total. The highest BCUT2D eigenvalue weighted by molar-refractivity contribution is 4.85. The molecule has 0 aromatic heterocycles. The number of hydrogen-bond acceptors (Lipinski definition) is 3. The van der Waals surface area contributed by atoms with Crippen molar-refractivity contribution in [3.05, 3.63) is 0 Å². The fraction of sp³-hybridized carbons (Fsp3) is 1.00. The Bertz CT molecular complexity index is 212. The Hall–Kier alpha value is -0.120. The maximum absolute atomic E-state index is 5.99. The second-order valence-corrected chi connectivity index (χ2v) is 5.67. The van der Waals surface area contributed by atoms with E-state index in [0.717, 1.165) is 18.5 Å². The van der Waals surface area contributed by atoms with Gasteiger partial charge in [-0.15, -0.1) is 0 Å². The second kappa shape index (κ2) is 6.72. The predicted octanol–water partition coefficient (Wildman–Crippen LogP) is 1.53. The van der Waals surface area contributed by atoms with Crippen LogP contribution >= 0.6 is 0 Å². The van der Waals surface area contributed by atoms with Crippen molar-refractivity contribution in [2.24, 2.45) is 11.7 Å². The van der Waals surface area contributed by atoms with Crippen LogP contribution in [0, 0.1) is 5.92 Å². The summed E-state index contributed by atoms with van der Waals surface area (Å²) in [5, 5.41) is 0. The maximum Gasteiger partial charge on any atom is 0.0137 e. The summed E-state index contributed by atoms with van der Waals surface area (Å²) in [6, 6.07) is 0.779. The first-order valence-electron chi connectivity index (χ1n) is 7.51. The van der Waals surface area contributed by atoms with Gasteiger partial charge in [-0.1, -0.05) is 26.2 Å². The minimum atomic E-state index is 0.755. The van der Waals surface area contributed by atoms with E-state index in [9.17, 15) is 0 Å². The van der Waals surface area contributed by atoms with Crippen LogP contribution in [0.2, 0.25) is 0 Å². The molecule has 2 atom stereocenters. The number of nitrogens with two attached hydrogens (primary N) is 1. The average molecular weight is 239 g/mol.